The number of aliphatic hydroxyl groups is 1. The van der Waals surface area contributed by atoms with Crippen LogP contribution in [0.25, 0.3) is 0 Å². The third-order valence-corrected chi connectivity index (χ3v) is 3.32. The Labute approximate surface area is 104 Å². The van der Waals surface area contributed by atoms with Crippen LogP contribution in [0.15, 0.2) is 0 Å². The first-order valence-electron chi connectivity index (χ1n) is 6.65. The maximum absolute atomic E-state index is 11.7. The molecule has 2 atom stereocenters. The van der Waals surface area contributed by atoms with Crippen LogP contribution in [0.4, 0.5) is 0 Å². The first-order valence-corrected chi connectivity index (χ1v) is 6.65. The summed E-state index contributed by atoms with van der Waals surface area (Å²) in [6, 6.07) is -0.0640. The van der Waals surface area contributed by atoms with E-state index >= 15 is 0 Å². The van der Waals surface area contributed by atoms with Gasteiger partial charge in [-0.05, 0) is 33.1 Å². The van der Waals surface area contributed by atoms with Crippen molar-refractivity contribution in [1.29, 1.82) is 0 Å². The van der Waals surface area contributed by atoms with Gasteiger partial charge in [0, 0.05) is 12.0 Å². The summed E-state index contributed by atoms with van der Waals surface area (Å²) >= 11 is 0. The summed E-state index contributed by atoms with van der Waals surface area (Å²) in [5.41, 5.74) is 5.53. The summed E-state index contributed by atoms with van der Waals surface area (Å²) in [4.78, 5) is 11.7. The molecule has 100 valence electrons. The first-order chi connectivity index (χ1) is 7.88. The van der Waals surface area contributed by atoms with Crippen molar-refractivity contribution in [3.8, 4) is 0 Å². The van der Waals surface area contributed by atoms with Gasteiger partial charge in [0.05, 0.1) is 12.1 Å². The van der Waals surface area contributed by atoms with Crippen LogP contribution in [0.2, 0.25) is 0 Å². The zero-order valence-corrected chi connectivity index (χ0v) is 11.0. The molecule has 2 unspecified atom stereocenters. The Morgan fingerprint density at radius 3 is 2.65 bits per heavy atom. The van der Waals surface area contributed by atoms with Gasteiger partial charge in [0.2, 0.25) is 5.91 Å². The fourth-order valence-corrected chi connectivity index (χ4v) is 2.17. The molecule has 1 amide bonds. The highest BCUT2D eigenvalue weighted by Crippen LogP contribution is 2.18. The fourth-order valence-electron chi connectivity index (χ4n) is 2.17. The Morgan fingerprint density at radius 1 is 1.35 bits per heavy atom. The van der Waals surface area contributed by atoms with E-state index < -0.39 is 0 Å². The molecule has 0 radical (unpaired) electrons. The zero-order valence-electron chi connectivity index (χ0n) is 11.0. The highest BCUT2D eigenvalue weighted by atomic mass is 16.3. The van der Waals surface area contributed by atoms with Crippen molar-refractivity contribution in [3.63, 3.8) is 0 Å². The van der Waals surface area contributed by atoms with E-state index in [9.17, 15) is 9.90 Å². The predicted molar refractivity (Wildman–Crippen MR) is 68.5 cm³/mol. The van der Waals surface area contributed by atoms with E-state index in [4.69, 9.17) is 5.73 Å². The van der Waals surface area contributed by atoms with Crippen molar-refractivity contribution in [2.24, 2.45) is 5.73 Å². The molecule has 1 fully saturated rings. The largest absolute Gasteiger partial charge is 0.391 e. The van der Waals surface area contributed by atoms with Gasteiger partial charge in [0.15, 0.2) is 0 Å². The molecule has 1 aliphatic rings. The van der Waals surface area contributed by atoms with Crippen molar-refractivity contribution in [2.45, 2.75) is 76.5 Å². The standard InChI is InChI=1S/C13H26N2O2/c1-13(2,14)9-8-12(17)15-10-6-4-3-5-7-11(10)16/h10-11,16H,3-9,14H2,1-2H3,(H,15,17). The number of nitrogens with one attached hydrogen (secondary N) is 1. The van der Waals surface area contributed by atoms with E-state index in [0.717, 1.165) is 32.1 Å². The van der Waals surface area contributed by atoms with Gasteiger partial charge in [-0.1, -0.05) is 19.3 Å². The second-order valence-corrected chi connectivity index (χ2v) is 5.87. The molecule has 4 N–H and O–H groups in total. The first kappa shape index (κ1) is 14.5. The van der Waals surface area contributed by atoms with E-state index in [-0.39, 0.29) is 23.6 Å². The van der Waals surface area contributed by atoms with E-state index in [0.29, 0.717) is 12.8 Å². The Kier molecular flexibility index (Phi) is 5.40. The Hall–Kier alpha value is -0.610. The lowest BCUT2D eigenvalue weighted by Crippen LogP contribution is -2.43. The lowest BCUT2D eigenvalue weighted by atomic mass is 9.99. The molecule has 0 saturated heterocycles. The van der Waals surface area contributed by atoms with Crippen LogP contribution in [0.1, 0.15) is 58.8 Å². The Bertz CT molecular complexity index is 248. The number of carbonyl (C=O) groups is 1. The van der Waals surface area contributed by atoms with E-state index in [1.165, 1.54) is 0 Å². The molecule has 1 rings (SSSR count). The summed E-state index contributed by atoms with van der Waals surface area (Å²) in [5, 5.41) is 12.8. The van der Waals surface area contributed by atoms with Crippen molar-refractivity contribution in [2.75, 3.05) is 0 Å². The minimum absolute atomic E-state index is 0.00877. The van der Waals surface area contributed by atoms with Crippen LogP contribution < -0.4 is 11.1 Å². The highest BCUT2D eigenvalue weighted by Gasteiger charge is 2.23. The van der Waals surface area contributed by atoms with Crippen molar-refractivity contribution < 1.29 is 9.90 Å². The number of amides is 1. The molecule has 0 aromatic rings. The Balaban J connectivity index is 2.33. The van der Waals surface area contributed by atoms with Gasteiger partial charge in [-0.3, -0.25) is 4.79 Å². The molecule has 4 nitrogen and oxygen atoms in total. The minimum atomic E-state index is -0.382. The fraction of sp³-hybridized carbons (Fsp3) is 0.923. The average molecular weight is 242 g/mol. The summed E-state index contributed by atoms with van der Waals surface area (Å²) < 4.78 is 0. The smallest absolute Gasteiger partial charge is 0.220 e. The third-order valence-electron chi connectivity index (χ3n) is 3.32. The SMILES string of the molecule is CC(C)(N)CCC(=O)NC1CCCCCC1O. The van der Waals surface area contributed by atoms with Gasteiger partial charge in [-0.15, -0.1) is 0 Å². The number of aliphatic hydroxyl groups excluding tert-OH is 1. The molecule has 0 aromatic heterocycles. The molecule has 0 aliphatic heterocycles. The maximum Gasteiger partial charge on any atom is 0.220 e. The van der Waals surface area contributed by atoms with E-state index in [2.05, 4.69) is 5.32 Å². The number of hydrogen-bond acceptors (Lipinski definition) is 3. The summed E-state index contributed by atoms with van der Waals surface area (Å²) in [5.74, 6) is 0.00877. The van der Waals surface area contributed by atoms with Crippen LogP contribution >= 0.6 is 0 Å². The normalized spacial score (nSPS) is 26.4. The van der Waals surface area contributed by atoms with E-state index in [1.807, 2.05) is 13.8 Å². The van der Waals surface area contributed by atoms with Crippen molar-refractivity contribution in [3.05, 3.63) is 0 Å². The molecule has 0 heterocycles. The zero-order chi connectivity index (χ0) is 12.9. The third kappa shape index (κ3) is 6.03. The van der Waals surface area contributed by atoms with Gasteiger partial charge < -0.3 is 16.2 Å². The van der Waals surface area contributed by atoms with Gasteiger partial charge in [0.1, 0.15) is 0 Å². The quantitative estimate of drug-likeness (QED) is 0.651. The molecule has 0 spiro atoms. The molecule has 4 heteroatoms. The second kappa shape index (κ2) is 6.36. The average Bonchev–Trinajstić information content (AvgIpc) is 2.41. The topological polar surface area (TPSA) is 75.4 Å². The number of carbonyl (C=O) groups excluding carboxylic acids is 1. The predicted octanol–water partition coefficient (Wildman–Crippen LogP) is 1.31. The van der Waals surface area contributed by atoms with Crippen LogP contribution in [-0.4, -0.2) is 28.7 Å². The summed E-state index contributed by atoms with van der Waals surface area (Å²) in [7, 11) is 0. The summed E-state index contributed by atoms with van der Waals surface area (Å²) in [6.45, 7) is 3.83. The lowest BCUT2D eigenvalue weighted by Gasteiger charge is -2.23. The second-order valence-electron chi connectivity index (χ2n) is 5.87. The van der Waals surface area contributed by atoms with Gasteiger partial charge in [-0.2, -0.15) is 0 Å². The number of rotatable bonds is 4. The lowest BCUT2D eigenvalue weighted by molar-refractivity contribution is -0.123. The minimum Gasteiger partial charge on any atom is -0.391 e. The molecule has 17 heavy (non-hydrogen) atoms. The number of hydrogen-bond donors (Lipinski definition) is 3. The van der Waals surface area contributed by atoms with Crippen LogP contribution in [0.5, 0.6) is 0 Å². The Morgan fingerprint density at radius 2 is 2.00 bits per heavy atom. The summed E-state index contributed by atoms with van der Waals surface area (Å²) in [6.07, 6.45) is 5.71. The molecule has 0 bridgehead atoms. The van der Waals surface area contributed by atoms with Crippen LogP contribution in [-0.2, 0) is 4.79 Å². The van der Waals surface area contributed by atoms with Gasteiger partial charge >= 0.3 is 0 Å². The van der Waals surface area contributed by atoms with Gasteiger partial charge in [-0.25, -0.2) is 0 Å². The molecule has 1 saturated carbocycles. The monoisotopic (exact) mass is 242 g/mol. The van der Waals surface area contributed by atoms with Crippen molar-refractivity contribution in [1.82, 2.24) is 5.32 Å². The molecule has 0 aromatic carbocycles. The van der Waals surface area contributed by atoms with Crippen molar-refractivity contribution >= 4 is 5.91 Å². The highest BCUT2D eigenvalue weighted by molar-refractivity contribution is 5.76. The molecule has 1 aliphatic carbocycles. The maximum atomic E-state index is 11.7. The molecular weight excluding hydrogens is 216 g/mol. The number of nitrogens with two attached hydrogens (primary N) is 1. The van der Waals surface area contributed by atoms with E-state index in [1.54, 1.807) is 0 Å². The van der Waals surface area contributed by atoms with Crippen LogP contribution in [0, 0.1) is 0 Å². The van der Waals surface area contributed by atoms with Crippen LogP contribution in [0.3, 0.4) is 0 Å². The van der Waals surface area contributed by atoms with Gasteiger partial charge in [0.25, 0.3) is 0 Å². The molecular formula is C13H26N2O2.